The first kappa shape index (κ1) is 20.1. The van der Waals surface area contributed by atoms with Crippen molar-refractivity contribution in [2.75, 3.05) is 38.0 Å². The third kappa shape index (κ3) is 4.78. The lowest BCUT2D eigenvalue weighted by atomic mass is 10.0. The van der Waals surface area contributed by atoms with Gasteiger partial charge in [-0.1, -0.05) is 42.8 Å². The third-order valence-corrected chi connectivity index (χ3v) is 5.31. The molecule has 0 saturated carbocycles. The molecular weight excluding hydrogens is 350 g/mol. The topological polar surface area (TPSA) is 52.7 Å². The Morgan fingerprint density at radius 2 is 1.71 bits per heavy atom. The molecule has 5 heteroatoms. The van der Waals surface area contributed by atoms with E-state index in [2.05, 4.69) is 17.1 Å². The second-order valence-electron chi connectivity index (χ2n) is 7.45. The molecule has 0 spiro atoms. The SMILES string of the molecule is CCc1ccccc1NC(=O)CN1CCN(C(=O)c2ccc(C)cc2C)CC1. The van der Waals surface area contributed by atoms with Crippen molar-refractivity contribution in [2.24, 2.45) is 0 Å². The van der Waals surface area contributed by atoms with E-state index in [9.17, 15) is 9.59 Å². The number of nitrogens with one attached hydrogen (secondary N) is 1. The number of nitrogens with zero attached hydrogens (tertiary/aromatic N) is 2. The highest BCUT2D eigenvalue weighted by atomic mass is 16.2. The van der Waals surface area contributed by atoms with Gasteiger partial charge in [0.05, 0.1) is 6.54 Å². The standard InChI is InChI=1S/C23H29N3O2/c1-4-19-7-5-6-8-21(19)24-22(27)16-25-11-13-26(14-12-25)23(28)20-10-9-17(2)15-18(20)3/h5-10,15H,4,11-14,16H2,1-3H3,(H,24,27). The Kier molecular flexibility index (Phi) is 6.47. The molecule has 3 rings (SSSR count). The lowest BCUT2D eigenvalue weighted by Crippen LogP contribution is -2.50. The van der Waals surface area contributed by atoms with Gasteiger partial charge in [-0.15, -0.1) is 0 Å². The molecule has 1 saturated heterocycles. The summed E-state index contributed by atoms with van der Waals surface area (Å²) in [6.45, 7) is 9.15. The number of carbonyl (C=O) groups excluding carboxylic acids is 2. The molecule has 0 unspecified atom stereocenters. The normalized spacial score (nSPS) is 14.8. The van der Waals surface area contributed by atoms with Gasteiger partial charge in [0.2, 0.25) is 5.91 Å². The van der Waals surface area contributed by atoms with E-state index in [4.69, 9.17) is 0 Å². The summed E-state index contributed by atoms with van der Waals surface area (Å²) in [5.74, 6) is 0.0773. The summed E-state index contributed by atoms with van der Waals surface area (Å²) < 4.78 is 0. The fourth-order valence-electron chi connectivity index (χ4n) is 3.68. The number of rotatable bonds is 5. The van der Waals surface area contributed by atoms with Gasteiger partial charge in [-0.05, 0) is 43.5 Å². The number of para-hydroxylation sites is 1. The number of piperazine rings is 1. The summed E-state index contributed by atoms with van der Waals surface area (Å²) in [6, 6.07) is 13.8. The van der Waals surface area contributed by atoms with E-state index >= 15 is 0 Å². The average molecular weight is 380 g/mol. The predicted molar refractivity (Wildman–Crippen MR) is 113 cm³/mol. The molecule has 0 aromatic heterocycles. The number of carbonyl (C=O) groups is 2. The number of hydrogen-bond acceptors (Lipinski definition) is 3. The molecule has 0 radical (unpaired) electrons. The smallest absolute Gasteiger partial charge is 0.254 e. The van der Waals surface area contributed by atoms with Crippen molar-refractivity contribution in [3.8, 4) is 0 Å². The summed E-state index contributed by atoms with van der Waals surface area (Å²) in [4.78, 5) is 29.2. The molecule has 1 N–H and O–H groups in total. The highest BCUT2D eigenvalue weighted by Crippen LogP contribution is 2.17. The van der Waals surface area contributed by atoms with Crippen molar-refractivity contribution in [2.45, 2.75) is 27.2 Å². The Bertz CT molecular complexity index is 855. The summed E-state index contributed by atoms with van der Waals surface area (Å²) in [6.07, 6.45) is 0.885. The minimum Gasteiger partial charge on any atom is -0.336 e. The van der Waals surface area contributed by atoms with Crippen LogP contribution in [0, 0.1) is 13.8 Å². The number of anilines is 1. The van der Waals surface area contributed by atoms with Crippen LogP contribution in [0.4, 0.5) is 5.69 Å². The highest BCUT2D eigenvalue weighted by Gasteiger charge is 2.24. The molecule has 0 bridgehead atoms. The average Bonchev–Trinajstić information content (AvgIpc) is 2.68. The van der Waals surface area contributed by atoms with Gasteiger partial charge < -0.3 is 10.2 Å². The van der Waals surface area contributed by atoms with Crippen molar-refractivity contribution < 1.29 is 9.59 Å². The monoisotopic (exact) mass is 379 g/mol. The Labute approximate surface area is 167 Å². The largest absolute Gasteiger partial charge is 0.336 e. The zero-order chi connectivity index (χ0) is 20.1. The molecular formula is C23H29N3O2. The Hall–Kier alpha value is -2.66. The van der Waals surface area contributed by atoms with Crippen LogP contribution in [0.3, 0.4) is 0 Å². The van der Waals surface area contributed by atoms with Gasteiger partial charge in [-0.25, -0.2) is 0 Å². The van der Waals surface area contributed by atoms with Crippen molar-refractivity contribution in [1.82, 2.24) is 9.80 Å². The van der Waals surface area contributed by atoms with Crippen molar-refractivity contribution in [1.29, 1.82) is 0 Å². The molecule has 1 fully saturated rings. The van der Waals surface area contributed by atoms with Crippen LogP contribution in [0.25, 0.3) is 0 Å². The maximum absolute atomic E-state index is 12.8. The van der Waals surface area contributed by atoms with Gasteiger partial charge in [0.25, 0.3) is 5.91 Å². The molecule has 1 aliphatic rings. The first-order valence-corrected chi connectivity index (χ1v) is 9.94. The highest BCUT2D eigenvalue weighted by molar-refractivity contribution is 5.96. The molecule has 0 aliphatic carbocycles. The zero-order valence-electron chi connectivity index (χ0n) is 17.0. The van der Waals surface area contributed by atoms with Crippen molar-refractivity contribution in [3.63, 3.8) is 0 Å². The number of aryl methyl sites for hydroxylation is 3. The lowest BCUT2D eigenvalue weighted by Gasteiger charge is -2.34. The lowest BCUT2D eigenvalue weighted by molar-refractivity contribution is -0.117. The minimum atomic E-state index is -0.00458. The summed E-state index contributed by atoms with van der Waals surface area (Å²) in [5, 5.41) is 3.02. The molecule has 148 valence electrons. The quantitative estimate of drug-likeness (QED) is 0.868. The van der Waals surface area contributed by atoms with Crippen molar-refractivity contribution in [3.05, 3.63) is 64.7 Å². The first-order valence-electron chi connectivity index (χ1n) is 9.94. The van der Waals surface area contributed by atoms with E-state index in [0.29, 0.717) is 32.7 Å². The summed E-state index contributed by atoms with van der Waals surface area (Å²) in [7, 11) is 0. The second kappa shape index (κ2) is 9.02. The summed E-state index contributed by atoms with van der Waals surface area (Å²) >= 11 is 0. The van der Waals surface area contributed by atoms with Gasteiger partial charge in [0, 0.05) is 37.4 Å². The maximum Gasteiger partial charge on any atom is 0.254 e. The predicted octanol–water partition coefficient (Wildman–Crippen LogP) is 3.26. The second-order valence-corrected chi connectivity index (χ2v) is 7.45. The van der Waals surface area contributed by atoms with Gasteiger partial charge in [-0.3, -0.25) is 14.5 Å². The van der Waals surface area contributed by atoms with Crippen LogP contribution in [0.5, 0.6) is 0 Å². The van der Waals surface area contributed by atoms with Gasteiger partial charge >= 0.3 is 0 Å². The van der Waals surface area contributed by atoms with E-state index in [1.54, 1.807) is 0 Å². The Balaban J connectivity index is 1.52. The maximum atomic E-state index is 12.8. The number of benzene rings is 2. The Morgan fingerprint density at radius 1 is 1.00 bits per heavy atom. The van der Waals surface area contributed by atoms with Gasteiger partial charge in [-0.2, -0.15) is 0 Å². The van der Waals surface area contributed by atoms with Crippen molar-refractivity contribution >= 4 is 17.5 Å². The van der Waals surface area contributed by atoms with Crippen LogP contribution in [0.1, 0.15) is 34.0 Å². The van der Waals surface area contributed by atoms with Crippen LogP contribution in [0.2, 0.25) is 0 Å². The fraction of sp³-hybridized carbons (Fsp3) is 0.391. The third-order valence-electron chi connectivity index (χ3n) is 5.31. The van der Waals surface area contributed by atoms with Gasteiger partial charge in [0.15, 0.2) is 0 Å². The van der Waals surface area contributed by atoms with Crippen LogP contribution >= 0.6 is 0 Å². The zero-order valence-corrected chi connectivity index (χ0v) is 17.0. The van der Waals surface area contributed by atoms with E-state index in [-0.39, 0.29) is 11.8 Å². The number of hydrogen-bond donors (Lipinski definition) is 1. The molecule has 1 aliphatic heterocycles. The molecule has 2 aromatic rings. The molecule has 2 amide bonds. The van der Waals surface area contributed by atoms with E-state index in [0.717, 1.165) is 34.4 Å². The minimum absolute atomic E-state index is 0.00458. The fourth-order valence-corrected chi connectivity index (χ4v) is 3.68. The van der Waals surface area contributed by atoms with Crippen LogP contribution in [0.15, 0.2) is 42.5 Å². The van der Waals surface area contributed by atoms with Crippen LogP contribution < -0.4 is 5.32 Å². The molecule has 0 atom stereocenters. The molecule has 5 nitrogen and oxygen atoms in total. The van der Waals surface area contributed by atoms with Crippen LogP contribution in [-0.4, -0.2) is 54.3 Å². The number of amides is 2. The molecule has 2 aromatic carbocycles. The Morgan fingerprint density at radius 3 is 2.39 bits per heavy atom. The van der Waals surface area contributed by atoms with E-state index < -0.39 is 0 Å². The van der Waals surface area contributed by atoms with E-state index in [1.807, 2.05) is 61.2 Å². The van der Waals surface area contributed by atoms with Gasteiger partial charge in [0.1, 0.15) is 0 Å². The molecule has 1 heterocycles. The van der Waals surface area contributed by atoms with Crippen LogP contribution in [-0.2, 0) is 11.2 Å². The molecule has 28 heavy (non-hydrogen) atoms. The summed E-state index contributed by atoms with van der Waals surface area (Å²) in [5.41, 5.74) is 4.97. The van der Waals surface area contributed by atoms with E-state index in [1.165, 1.54) is 0 Å². The first-order chi connectivity index (χ1) is 13.5.